The number of esters is 1. The van der Waals surface area contributed by atoms with Gasteiger partial charge in [-0.2, -0.15) is 10.2 Å². The Hall–Kier alpha value is -3.74. The number of hydrogen-bond donors (Lipinski definition) is 2. The summed E-state index contributed by atoms with van der Waals surface area (Å²) in [7, 11) is 0. The fourth-order valence-electron chi connectivity index (χ4n) is 4.19. The van der Waals surface area contributed by atoms with E-state index in [2.05, 4.69) is 20.3 Å². The molecule has 3 unspecified atom stereocenters. The first-order valence-corrected chi connectivity index (χ1v) is 10.2. The van der Waals surface area contributed by atoms with Crippen LogP contribution in [0, 0.1) is 23.2 Å². The van der Waals surface area contributed by atoms with Crippen LogP contribution in [-0.2, 0) is 14.3 Å². The van der Waals surface area contributed by atoms with Gasteiger partial charge in [-0.05, 0) is 31.4 Å². The van der Waals surface area contributed by atoms with Crippen LogP contribution < -0.4 is 15.8 Å². The van der Waals surface area contributed by atoms with E-state index in [4.69, 9.17) is 4.74 Å². The number of piperidine rings is 1. The van der Waals surface area contributed by atoms with Crippen molar-refractivity contribution in [1.29, 1.82) is 5.26 Å². The molecule has 31 heavy (non-hydrogen) atoms. The van der Waals surface area contributed by atoms with Crippen molar-refractivity contribution in [1.82, 2.24) is 15.0 Å². The highest BCUT2D eigenvalue weighted by atomic mass is 16.5. The van der Waals surface area contributed by atoms with E-state index in [0.29, 0.717) is 31.7 Å². The van der Waals surface area contributed by atoms with Gasteiger partial charge in [0.15, 0.2) is 0 Å². The van der Waals surface area contributed by atoms with Gasteiger partial charge in [0.2, 0.25) is 11.9 Å². The maximum Gasteiger partial charge on any atom is 0.310 e. The summed E-state index contributed by atoms with van der Waals surface area (Å²) in [5.41, 5.74) is 0.375. The van der Waals surface area contributed by atoms with Crippen molar-refractivity contribution in [3.63, 3.8) is 0 Å². The lowest BCUT2D eigenvalue weighted by Crippen LogP contribution is -2.43. The van der Waals surface area contributed by atoms with Crippen LogP contribution in [0.1, 0.15) is 36.8 Å². The third-order valence-electron chi connectivity index (χ3n) is 5.63. The zero-order chi connectivity index (χ0) is 22.0. The number of anilines is 2. The topological polar surface area (TPSA) is 141 Å². The van der Waals surface area contributed by atoms with Gasteiger partial charge >= 0.3 is 5.97 Å². The molecule has 10 heteroatoms. The molecule has 2 aromatic heterocycles. The zero-order valence-electron chi connectivity index (χ0n) is 17.0. The maximum absolute atomic E-state index is 13.1. The van der Waals surface area contributed by atoms with E-state index in [1.165, 1.54) is 0 Å². The van der Waals surface area contributed by atoms with Crippen molar-refractivity contribution in [2.45, 2.75) is 25.7 Å². The lowest BCUT2D eigenvalue weighted by Gasteiger charge is -2.33. The van der Waals surface area contributed by atoms with Crippen LogP contribution in [0.4, 0.5) is 11.8 Å². The summed E-state index contributed by atoms with van der Waals surface area (Å²) in [4.78, 5) is 51.0. The lowest BCUT2D eigenvalue weighted by molar-refractivity contribution is -0.148. The van der Waals surface area contributed by atoms with Crippen molar-refractivity contribution in [2.75, 3.05) is 29.9 Å². The van der Waals surface area contributed by atoms with E-state index in [9.17, 15) is 19.6 Å². The number of nitrogens with one attached hydrogen (secondary N) is 2. The van der Waals surface area contributed by atoms with Gasteiger partial charge in [0.1, 0.15) is 11.7 Å². The highest BCUT2D eigenvalue weighted by Gasteiger charge is 2.40. The minimum Gasteiger partial charge on any atom is -0.466 e. The van der Waals surface area contributed by atoms with Gasteiger partial charge in [0.25, 0.3) is 5.56 Å². The van der Waals surface area contributed by atoms with Crippen LogP contribution in [0.25, 0.3) is 0 Å². The number of carbonyl (C=O) groups is 2. The average molecular weight is 422 g/mol. The Morgan fingerprint density at radius 3 is 2.97 bits per heavy atom. The Bertz CT molecular complexity index is 1090. The molecule has 2 aliphatic heterocycles. The summed E-state index contributed by atoms with van der Waals surface area (Å²) >= 11 is 0. The molecule has 1 saturated heterocycles. The zero-order valence-corrected chi connectivity index (χ0v) is 17.0. The summed E-state index contributed by atoms with van der Waals surface area (Å²) in [5, 5.41) is 12.2. The molecule has 0 spiro atoms. The molecule has 4 heterocycles. The first-order chi connectivity index (χ1) is 15.0. The summed E-state index contributed by atoms with van der Waals surface area (Å²) in [6.45, 7) is 3.04. The smallest absolute Gasteiger partial charge is 0.310 e. The highest BCUT2D eigenvalue weighted by molar-refractivity contribution is 5.97. The molecule has 3 atom stereocenters. The second-order valence-corrected chi connectivity index (χ2v) is 7.55. The molecule has 0 radical (unpaired) electrons. The molecule has 2 N–H and O–H groups in total. The minimum atomic E-state index is -1.08. The summed E-state index contributed by atoms with van der Waals surface area (Å²) < 4.78 is 5.13. The van der Waals surface area contributed by atoms with Crippen LogP contribution in [0.15, 0.2) is 29.3 Å². The van der Waals surface area contributed by atoms with E-state index in [-0.39, 0.29) is 29.2 Å². The number of rotatable bonds is 4. The van der Waals surface area contributed by atoms with Crippen LogP contribution in [-0.4, -0.2) is 46.5 Å². The quantitative estimate of drug-likeness (QED) is 0.700. The second-order valence-electron chi connectivity index (χ2n) is 7.55. The molecule has 4 rings (SSSR count). The number of nitrogens with zero attached hydrogens (tertiary/aromatic N) is 4. The third-order valence-corrected chi connectivity index (χ3v) is 5.63. The predicted molar refractivity (Wildman–Crippen MR) is 110 cm³/mol. The molecule has 0 bridgehead atoms. The SMILES string of the molecule is CCOC(=O)C1CCCN(c2nc3c(c(=O)[nH]2)C(c2cccnc2)C(C#N)C(=O)N3)C1. The summed E-state index contributed by atoms with van der Waals surface area (Å²) in [6.07, 6.45) is 4.57. The minimum absolute atomic E-state index is 0.127. The van der Waals surface area contributed by atoms with Crippen LogP contribution in [0.5, 0.6) is 0 Å². The predicted octanol–water partition coefficient (Wildman–Crippen LogP) is 1.17. The molecule has 0 saturated carbocycles. The molecule has 0 aliphatic carbocycles. The number of pyridine rings is 1. The normalized spacial score (nSPS) is 22.8. The van der Waals surface area contributed by atoms with Gasteiger partial charge in [-0.3, -0.25) is 24.4 Å². The molecule has 160 valence electrons. The number of fused-ring (bicyclic) bond motifs is 1. The first-order valence-electron chi connectivity index (χ1n) is 10.2. The van der Waals surface area contributed by atoms with Gasteiger partial charge < -0.3 is 15.0 Å². The standard InChI is InChI=1S/C21H22N6O4/c1-2-31-20(30)13-6-4-8-27(11-13)21-25-17-16(19(29)26-21)15(12-5-3-7-23-10-12)14(9-22)18(28)24-17/h3,5,7,10,13-15H,2,4,6,8,11H2,1H3,(H2,24,25,26,28,29). The largest absolute Gasteiger partial charge is 0.466 e. The Balaban J connectivity index is 1.72. The summed E-state index contributed by atoms with van der Waals surface area (Å²) in [5.74, 6) is -2.54. The van der Waals surface area contributed by atoms with Crippen molar-refractivity contribution in [3.8, 4) is 6.07 Å². The number of nitriles is 1. The second kappa shape index (κ2) is 8.55. The van der Waals surface area contributed by atoms with Crippen molar-refractivity contribution in [3.05, 3.63) is 46.0 Å². The number of carbonyl (C=O) groups excluding carboxylic acids is 2. The van der Waals surface area contributed by atoms with Crippen molar-refractivity contribution >= 4 is 23.6 Å². The fraction of sp³-hybridized carbons (Fsp3) is 0.429. The number of hydrogen-bond acceptors (Lipinski definition) is 8. The molecule has 10 nitrogen and oxygen atoms in total. The van der Waals surface area contributed by atoms with Gasteiger partial charge in [0, 0.05) is 31.4 Å². The Kier molecular flexibility index (Phi) is 5.66. The van der Waals surface area contributed by atoms with Gasteiger partial charge in [-0.25, -0.2) is 0 Å². The molecular formula is C21H22N6O4. The number of ether oxygens (including phenoxy) is 1. The monoisotopic (exact) mass is 422 g/mol. The number of aromatic nitrogens is 3. The Morgan fingerprint density at radius 2 is 2.26 bits per heavy atom. The van der Waals surface area contributed by atoms with Gasteiger partial charge in [-0.15, -0.1) is 0 Å². The highest BCUT2D eigenvalue weighted by Crippen LogP contribution is 2.38. The Labute approximate surface area is 178 Å². The van der Waals surface area contributed by atoms with E-state index >= 15 is 0 Å². The maximum atomic E-state index is 13.1. The fourth-order valence-corrected chi connectivity index (χ4v) is 4.19. The van der Waals surface area contributed by atoms with Gasteiger partial charge in [0.05, 0.1) is 24.2 Å². The number of H-pyrrole nitrogens is 1. The first kappa shape index (κ1) is 20.5. The van der Waals surface area contributed by atoms with Crippen molar-refractivity contribution in [2.24, 2.45) is 11.8 Å². The van der Waals surface area contributed by atoms with E-state index < -0.39 is 23.3 Å². The Morgan fingerprint density at radius 1 is 1.42 bits per heavy atom. The molecule has 2 aliphatic rings. The molecule has 2 aromatic rings. The van der Waals surface area contributed by atoms with E-state index in [0.717, 1.165) is 6.42 Å². The molecule has 0 aromatic carbocycles. The average Bonchev–Trinajstić information content (AvgIpc) is 2.79. The molecule has 1 amide bonds. The van der Waals surface area contributed by atoms with Crippen LogP contribution in [0.3, 0.4) is 0 Å². The van der Waals surface area contributed by atoms with Crippen LogP contribution in [0.2, 0.25) is 0 Å². The van der Waals surface area contributed by atoms with E-state index in [1.807, 2.05) is 11.0 Å². The molecular weight excluding hydrogens is 400 g/mol. The van der Waals surface area contributed by atoms with E-state index in [1.54, 1.807) is 31.5 Å². The third kappa shape index (κ3) is 3.86. The number of amides is 1. The van der Waals surface area contributed by atoms with Crippen LogP contribution >= 0.6 is 0 Å². The van der Waals surface area contributed by atoms with Gasteiger partial charge in [-0.1, -0.05) is 6.07 Å². The van der Waals surface area contributed by atoms with Crippen molar-refractivity contribution < 1.29 is 14.3 Å². The molecule has 1 fully saturated rings. The summed E-state index contributed by atoms with van der Waals surface area (Å²) in [6, 6.07) is 5.41. The lowest BCUT2D eigenvalue weighted by atomic mass is 9.80. The number of aromatic amines is 1.